The van der Waals surface area contributed by atoms with E-state index >= 15 is 0 Å². The lowest BCUT2D eigenvalue weighted by molar-refractivity contribution is -0.122. The molecule has 1 atom stereocenters. The van der Waals surface area contributed by atoms with Crippen molar-refractivity contribution in [2.24, 2.45) is 0 Å². The monoisotopic (exact) mass is 445 g/mol. The highest BCUT2D eigenvalue weighted by Crippen LogP contribution is 2.30. The Hall–Kier alpha value is -3.45. The Labute approximate surface area is 188 Å². The second-order valence-electron chi connectivity index (χ2n) is 8.29. The van der Waals surface area contributed by atoms with Crippen LogP contribution in [0.2, 0.25) is 0 Å². The first-order valence-electron chi connectivity index (χ1n) is 10.6. The number of aryl methyl sites for hydroxylation is 3. The van der Waals surface area contributed by atoms with E-state index in [1.165, 1.54) is 26.0 Å². The van der Waals surface area contributed by atoms with E-state index in [9.17, 15) is 14.4 Å². The molecule has 0 saturated heterocycles. The van der Waals surface area contributed by atoms with Gasteiger partial charge in [0.1, 0.15) is 11.2 Å². The minimum Gasteiger partial charge on any atom is -0.348 e. The first-order valence-corrected chi connectivity index (χ1v) is 11.5. The number of fused-ring (bicyclic) bond motifs is 2. The van der Waals surface area contributed by atoms with E-state index < -0.39 is 5.69 Å². The summed E-state index contributed by atoms with van der Waals surface area (Å²) in [7, 11) is 0. The van der Waals surface area contributed by atoms with Gasteiger partial charge in [0.2, 0.25) is 5.91 Å². The minimum absolute atomic E-state index is 0.0581. The number of hydrogen-bond donors (Lipinski definition) is 1. The van der Waals surface area contributed by atoms with Crippen LogP contribution < -0.4 is 16.6 Å². The molecule has 1 aliphatic carbocycles. The first kappa shape index (κ1) is 20.5. The van der Waals surface area contributed by atoms with Crippen molar-refractivity contribution in [1.82, 2.24) is 14.5 Å². The Morgan fingerprint density at radius 1 is 1.12 bits per heavy atom. The third-order valence-electron chi connectivity index (χ3n) is 6.13. The van der Waals surface area contributed by atoms with Gasteiger partial charge in [0.15, 0.2) is 0 Å². The van der Waals surface area contributed by atoms with Gasteiger partial charge >= 0.3 is 5.69 Å². The van der Waals surface area contributed by atoms with Gasteiger partial charge < -0.3 is 5.32 Å². The zero-order valence-electron chi connectivity index (χ0n) is 17.9. The fourth-order valence-electron chi connectivity index (χ4n) is 4.50. The Bertz CT molecular complexity index is 1480. The van der Waals surface area contributed by atoms with E-state index in [2.05, 4.69) is 11.4 Å². The van der Waals surface area contributed by atoms with Crippen LogP contribution in [0.4, 0.5) is 0 Å². The Balaban J connectivity index is 1.55. The quantitative estimate of drug-likeness (QED) is 0.521. The van der Waals surface area contributed by atoms with Crippen LogP contribution in [0, 0.1) is 13.8 Å². The lowest BCUT2D eigenvalue weighted by atomic mass is 10.1. The Morgan fingerprint density at radius 3 is 2.78 bits per heavy atom. The van der Waals surface area contributed by atoms with E-state index in [0.29, 0.717) is 15.9 Å². The number of carbonyl (C=O) groups is 1. The molecule has 0 spiro atoms. The zero-order chi connectivity index (χ0) is 22.4. The number of amides is 1. The van der Waals surface area contributed by atoms with Gasteiger partial charge in [-0.15, -0.1) is 11.3 Å². The molecule has 0 radical (unpaired) electrons. The van der Waals surface area contributed by atoms with Crippen molar-refractivity contribution in [3.8, 4) is 5.69 Å². The van der Waals surface area contributed by atoms with Crippen molar-refractivity contribution >= 4 is 27.5 Å². The number of hydrogen-bond acceptors (Lipinski definition) is 4. The molecule has 1 aliphatic rings. The lowest BCUT2D eigenvalue weighted by Crippen LogP contribution is -2.42. The van der Waals surface area contributed by atoms with Gasteiger partial charge in [0, 0.05) is 0 Å². The molecule has 5 rings (SSSR count). The molecule has 1 N–H and O–H groups in total. The van der Waals surface area contributed by atoms with Crippen molar-refractivity contribution in [2.45, 2.75) is 39.3 Å². The highest BCUT2D eigenvalue weighted by Gasteiger charge is 2.24. The standard InChI is InChI=1S/C25H23N3O3S/c1-15-7-8-16(2)21(13-15)28-24(30)23-20(11-12-32-23)27(25(28)31)14-22(29)26-19-10-9-17-5-3-4-6-18(17)19/h3-8,11-13,19H,9-10,14H2,1-2H3,(H,26,29). The highest BCUT2D eigenvalue weighted by molar-refractivity contribution is 7.17. The van der Waals surface area contributed by atoms with Crippen molar-refractivity contribution in [1.29, 1.82) is 0 Å². The molecule has 6 nitrogen and oxygen atoms in total. The van der Waals surface area contributed by atoms with Crippen LogP contribution in [-0.2, 0) is 17.8 Å². The van der Waals surface area contributed by atoms with Crippen LogP contribution in [0.5, 0.6) is 0 Å². The van der Waals surface area contributed by atoms with E-state index in [-0.39, 0.29) is 24.1 Å². The maximum atomic E-state index is 13.5. The number of benzene rings is 2. The topological polar surface area (TPSA) is 73.1 Å². The number of rotatable bonds is 4. The average Bonchev–Trinajstić information content (AvgIpc) is 3.42. The van der Waals surface area contributed by atoms with Crippen molar-refractivity contribution in [3.63, 3.8) is 0 Å². The van der Waals surface area contributed by atoms with Crippen LogP contribution in [-0.4, -0.2) is 15.0 Å². The molecule has 0 aliphatic heterocycles. The van der Waals surface area contributed by atoms with Gasteiger partial charge in [-0.3, -0.25) is 14.2 Å². The summed E-state index contributed by atoms with van der Waals surface area (Å²) in [6, 6.07) is 15.4. The molecule has 1 unspecified atom stereocenters. The number of carbonyl (C=O) groups excluding carboxylic acids is 1. The molecule has 162 valence electrons. The SMILES string of the molecule is Cc1ccc(C)c(-n2c(=O)c3sccc3n(CC(=O)NC3CCc4ccccc43)c2=O)c1. The Kier molecular flexibility index (Phi) is 5.06. The van der Waals surface area contributed by atoms with Crippen molar-refractivity contribution in [3.05, 3.63) is 97.0 Å². The summed E-state index contributed by atoms with van der Waals surface area (Å²) in [4.78, 5) is 39.7. The van der Waals surface area contributed by atoms with E-state index in [1.807, 2.05) is 50.2 Å². The summed E-state index contributed by atoms with van der Waals surface area (Å²) in [5.74, 6) is -0.243. The van der Waals surface area contributed by atoms with Gasteiger partial charge in [-0.25, -0.2) is 9.36 Å². The molecule has 32 heavy (non-hydrogen) atoms. The lowest BCUT2D eigenvalue weighted by Gasteiger charge is -2.17. The summed E-state index contributed by atoms with van der Waals surface area (Å²) in [6.07, 6.45) is 1.77. The van der Waals surface area contributed by atoms with Crippen LogP contribution in [0.3, 0.4) is 0 Å². The smallest absolute Gasteiger partial charge is 0.336 e. The van der Waals surface area contributed by atoms with Gasteiger partial charge in [-0.05, 0) is 66.5 Å². The van der Waals surface area contributed by atoms with Crippen molar-refractivity contribution < 1.29 is 4.79 Å². The normalized spacial score (nSPS) is 15.1. The third kappa shape index (κ3) is 3.39. The summed E-state index contributed by atoms with van der Waals surface area (Å²) in [5.41, 5.74) is 4.35. The molecule has 2 aromatic carbocycles. The fourth-order valence-corrected chi connectivity index (χ4v) is 5.33. The van der Waals surface area contributed by atoms with Crippen LogP contribution in [0.1, 0.15) is 34.7 Å². The molecule has 7 heteroatoms. The molecule has 2 heterocycles. The summed E-state index contributed by atoms with van der Waals surface area (Å²) in [6.45, 7) is 3.65. The number of nitrogens with one attached hydrogen (secondary N) is 1. The summed E-state index contributed by atoms with van der Waals surface area (Å²) in [5, 5.41) is 4.86. The maximum absolute atomic E-state index is 13.5. The van der Waals surface area contributed by atoms with Crippen molar-refractivity contribution in [2.75, 3.05) is 0 Å². The Morgan fingerprint density at radius 2 is 1.94 bits per heavy atom. The molecular weight excluding hydrogens is 422 g/mol. The second kappa shape index (κ2) is 7.91. The number of aromatic nitrogens is 2. The minimum atomic E-state index is -0.503. The average molecular weight is 446 g/mol. The van der Waals surface area contributed by atoms with Crippen LogP contribution in [0.15, 0.2) is 63.5 Å². The third-order valence-corrected chi connectivity index (χ3v) is 7.02. The molecule has 2 aromatic heterocycles. The van der Waals surface area contributed by atoms with Gasteiger partial charge in [-0.2, -0.15) is 0 Å². The molecule has 4 aromatic rings. The van der Waals surface area contributed by atoms with E-state index in [0.717, 1.165) is 29.5 Å². The van der Waals surface area contributed by atoms with Crippen LogP contribution in [0.25, 0.3) is 15.9 Å². The molecule has 0 fully saturated rings. The molecular formula is C25H23N3O3S. The molecule has 0 saturated carbocycles. The molecule has 1 amide bonds. The predicted octanol–water partition coefficient (Wildman–Crippen LogP) is 3.63. The van der Waals surface area contributed by atoms with Crippen LogP contribution >= 0.6 is 11.3 Å². The van der Waals surface area contributed by atoms with Gasteiger partial charge in [-0.1, -0.05) is 36.4 Å². The van der Waals surface area contributed by atoms with Gasteiger partial charge in [0.25, 0.3) is 5.56 Å². The van der Waals surface area contributed by atoms with E-state index in [1.54, 1.807) is 11.4 Å². The first-order chi connectivity index (χ1) is 15.4. The molecule has 0 bridgehead atoms. The second-order valence-corrected chi connectivity index (χ2v) is 9.21. The largest absolute Gasteiger partial charge is 0.348 e. The zero-order valence-corrected chi connectivity index (χ0v) is 18.7. The number of thiophene rings is 1. The highest BCUT2D eigenvalue weighted by atomic mass is 32.1. The summed E-state index contributed by atoms with van der Waals surface area (Å²) < 4.78 is 3.06. The van der Waals surface area contributed by atoms with E-state index in [4.69, 9.17) is 0 Å². The maximum Gasteiger partial charge on any atom is 0.336 e. The fraction of sp³-hybridized carbons (Fsp3) is 0.240. The predicted molar refractivity (Wildman–Crippen MR) is 127 cm³/mol. The number of nitrogens with zero attached hydrogens (tertiary/aromatic N) is 2. The summed E-state index contributed by atoms with van der Waals surface area (Å²) >= 11 is 1.28. The van der Waals surface area contributed by atoms with Gasteiger partial charge in [0.05, 0.1) is 17.2 Å².